The van der Waals surface area contributed by atoms with Crippen molar-refractivity contribution in [1.29, 1.82) is 0 Å². The van der Waals surface area contributed by atoms with E-state index >= 15 is 0 Å². The molecule has 1 unspecified atom stereocenters. The maximum absolute atomic E-state index is 4.70. The molecule has 1 fully saturated rings. The van der Waals surface area contributed by atoms with Crippen molar-refractivity contribution < 1.29 is 0 Å². The van der Waals surface area contributed by atoms with Gasteiger partial charge in [0.15, 0.2) is 11.6 Å². The fourth-order valence-electron chi connectivity index (χ4n) is 3.67. The van der Waals surface area contributed by atoms with Crippen molar-refractivity contribution in [2.24, 2.45) is 0 Å². The number of piperidine rings is 1. The molecule has 26 heavy (non-hydrogen) atoms. The average molecular weight is 358 g/mol. The molecule has 1 saturated heterocycles. The predicted octanol–water partition coefficient (Wildman–Crippen LogP) is 2.07. The molecule has 0 amide bonds. The topological polar surface area (TPSA) is 53.3 Å². The number of hydrogen-bond donors (Lipinski definition) is 0. The summed E-state index contributed by atoms with van der Waals surface area (Å²) in [5.41, 5.74) is 0. The molecule has 0 aromatic carbocycles. The van der Waals surface area contributed by atoms with Gasteiger partial charge >= 0.3 is 0 Å². The molecule has 0 radical (unpaired) electrons. The monoisotopic (exact) mass is 357 g/mol. The lowest BCUT2D eigenvalue weighted by molar-refractivity contribution is 0.380. The average Bonchev–Trinajstić information content (AvgIpc) is 3.10. The van der Waals surface area contributed by atoms with E-state index in [2.05, 4.69) is 44.6 Å². The zero-order valence-electron chi connectivity index (χ0n) is 16.5. The summed E-state index contributed by atoms with van der Waals surface area (Å²) >= 11 is 0. The van der Waals surface area contributed by atoms with Crippen molar-refractivity contribution >= 4 is 11.6 Å². The quantitative estimate of drug-likeness (QED) is 0.756. The molecule has 0 N–H and O–H groups in total. The van der Waals surface area contributed by atoms with Crippen molar-refractivity contribution in [1.82, 2.24) is 24.4 Å². The van der Waals surface area contributed by atoms with E-state index in [9.17, 15) is 0 Å². The number of imidazole rings is 1. The van der Waals surface area contributed by atoms with Crippen LogP contribution in [-0.2, 0) is 6.54 Å². The molecule has 2 aromatic heterocycles. The third kappa shape index (κ3) is 4.33. The fraction of sp³-hybridized carbons (Fsp3) is 0.632. The molecule has 1 aliphatic rings. The van der Waals surface area contributed by atoms with Crippen LogP contribution in [0, 0.1) is 0 Å². The first kappa shape index (κ1) is 18.6. The van der Waals surface area contributed by atoms with Crippen molar-refractivity contribution in [3.05, 3.63) is 30.6 Å². The molecule has 0 saturated carbocycles. The van der Waals surface area contributed by atoms with Gasteiger partial charge in [-0.3, -0.25) is 0 Å². The minimum Gasteiger partial charge on any atom is -0.360 e. The number of aryl methyl sites for hydroxylation is 1. The minimum absolute atomic E-state index is 0.440. The van der Waals surface area contributed by atoms with Crippen molar-refractivity contribution in [2.75, 3.05) is 57.6 Å². The second-order valence-corrected chi connectivity index (χ2v) is 7.52. The summed E-state index contributed by atoms with van der Waals surface area (Å²) < 4.78 is 2.33. The first-order valence-electron chi connectivity index (χ1n) is 9.45. The molecule has 0 bridgehead atoms. The zero-order valence-corrected chi connectivity index (χ0v) is 16.5. The van der Waals surface area contributed by atoms with E-state index in [4.69, 9.17) is 4.98 Å². The maximum atomic E-state index is 4.70. The van der Waals surface area contributed by atoms with Crippen LogP contribution in [0.3, 0.4) is 0 Å². The third-order valence-electron chi connectivity index (χ3n) is 4.92. The largest absolute Gasteiger partial charge is 0.360 e. The second kappa shape index (κ2) is 8.49. The molecule has 3 rings (SSSR count). The Morgan fingerprint density at radius 3 is 2.65 bits per heavy atom. The van der Waals surface area contributed by atoms with Gasteiger partial charge in [-0.15, -0.1) is 0 Å². The first-order valence-corrected chi connectivity index (χ1v) is 9.45. The number of nitrogens with zero attached hydrogens (tertiary/aromatic N) is 7. The summed E-state index contributed by atoms with van der Waals surface area (Å²) in [4.78, 5) is 20.5. The molecule has 1 atom stereocenters. The summed E-state index contributed by atoms with van der Waals surface area (Å²) in [5.74, 6) is 3.56. The standard InChI is InChI=1S/C19H31N7/c1-23(2)11-6-13-25-14-10-22-17(25)16-7-5-12-26(15-16)19-18(24(3)4)20-8-9-21-19/h8-10,14,16H,5-7,11-13,15H2,1-4H3. The number of hydrogen-bond acceptors (Lipinski definition) is 6. The Bertz CT molecular complexity index is 695. The van der Waals surface area contributed by atoms with E-state index in [0.717, 1.165) is 50.7 Å². The lowest BCUT2D eigenvalue weighted by Gasteiger charge is -2.34. The molecule has 142 valence electrons. The van der Waals surface area contributed by atoms with Gasteiger partial charge in [0, 0.05) is 64.4 Å². The predicted molar refractivity (Wildman–Crippen MR) is 106 cm³/mol. The smallest absolute Gasteiger partial charge is 0.171 e. The van der Waals surface area contributed by atoms with Crippen molar-refractivity contribution in [2.45, 2.75) is 31.7 Å². The lowest BCUT2D eigenvalue weighted by atomic mass is 9.97. The van der Waals surface area contributed by atoms with Gasteiger partial charge in [0.1, 0.15) is 5.82 Å². The van der Waals surface area contributed by atoms with Crippen LogP contribution in [0.25, 0.3) is 0 Å². The Labute approximate surface area is 156 Å². The third-order valence-corrected chi connectivity index (χ3v) is 4.92. The van der Waals surface area contributed by atoms with Crippen LogP contribution in [0.2, 0.25) is 0 Å². The van der Waals surface area contributed by atoms with Crippen molar-refractivity contribution in [3.8, 4) is 0 Å². The zero-order chi connectivity index (χ0) is 18.5. The molecule has 7 heteroatoms. The van der Waals surface area contributed by atoms with E-state index in [1.165, 1.54) is 12.2 Å². The molecule has 0 spiro atoms. The van der Waals surface area contributed by atoms with Gasteiger partial charge in [0.05, 0.1) is 0 Å². The van der Waals surface area contributed by atoms with Crippen LogP contribution >= 0.6 is 0 Å². The minimum atomic E-state index is 0.440. The highest BCUT2D eigenvalue weighted by Crippen LogP contribution is 2.31. The molecular weight excluding hydrogens is 326 g/mol. The highest BCUT2D eigenvalue weighted by atomic mass is 15.3. The van der Waals surface area contributed by atoms with Crippen LogP contribution in [0.15, 0.2) is 24.8 Å². The van der Waals surface area contributed by atoms with Gasteiger partial charge in [0.25, 0.3) is 0 Å². The Kier molecular flexibility index (Phi) is 6.08. The SMILES string of the molecule is CN(C)CCCn1ccnc1C1CCCN(c2nccnc2N(C)C)C1. The van der Waals surface area contributed by atoms with Gasteiger partial charge in [-0.1, -0.05) is 0 Å². The van der Waals surface area contributed by atoms with Gasteiger partial charge < -0.3 is 19.3 Å². The summed E-state index contributed by atoms with van der Waals surface area (Å²) in [7, 11) is 8.28. The number of rotatable bonds is 7. The molecule has 2 aromatic rings. The molecular formula is C19H31N7. The molecule has 0 aliphatic carbocycles. The summed E-state index contributed by atoms with van der Waals surface area (Å²) in [6.07, 6.45) is 11.1. The van der Waals surface area contributed by atoms with Gasteiger partial charge in [0.2, 0.25) is 0 Å². The summed E-state index contributed by atoms with van der Waals surface area (Å²) in [5, 5.41) is 0. The van der Waals surface area contributed by atoms with Gasteiger partial charge in [-0.05, 0) is 39.9 Å². The van der Waals surface area contributed by atoms with E-state index < -0.39 is 0 Å². The van der Waals surface area contributed by atoms with Gasteiger partial charge in [-0.2, -0.15) is 0 Å². The maximum Gasteiger partial charge on any atom is 0.171 e. The van der Waals surface area contributed by atoms with E-state index in [0.29, 0.717) is 5.92 Å². The highest BCUT2D eigenvalue weighted by molar-refractivity contribution is 5.61. The second-order valence-electron chi connectivity index (χ2n) is 7.52. The molecule has 7 nitrogen and oxygen atoms in total. The fourth-order valence-corrected chi connectivity index (χ4v) is 3.67. The van der Waals surface area contributed by atoms with E-state index in [1.807, 2.05) is 25.2 Å². The summed E-state index contributed by atoms with van der Waals surface area (Å²) in [6, 6.07) is 0. The Balaban J connectivity index is 1.73. The number of anilines is 2. The Morgan fingerprint density at radius 2 is 1.88 bits per heavy atom. The van der Waals surface area contributed by atoms with E-state index in [-0.39, 0.29) is 0 Å². The molecule has 3 heterocycles. The lowest BCUT2D eigenvalue weighted by Crippen LogP contribution is -2.37. The van der Waals surface area contributed by atoms with Crippen LogP contribution in [-0.4, -0.2) is 72.2 Å². The Hall–Kier alpha value is -2.15. The Morgan fingerprint density at radius 1 is 1.08 bits per heavy atom. The van der Waals surface area contributed by atoms with Gasteiger partial charge in [-0.25, -0.2) is 15.0 Å². The summed E-state index contributed by atoms with van der Waals surface area (Å²) in [6.45, 7) is 4.10. The normalized spacial score (nSPS) is 17.7. The van der Waals surface area contributed by atoms with Crippen LogP contribution in [0.1, 0.15) is 31.0 Å². The highest BCUT2D eigenvalue weighted by Gasteiger charge is 2.27. The van der Waals surface area contributed by atoms with Crippen molar-refractivity contribution in [3.63, 3.8) is 0 Å². The van der Waals surface area contributed by atoms with E-state index in [1.54, 1.807) is 12.4 Å². The van der Waals surface area contributed by atoms with Crippen LogP contribution in [0.4, 0.5) is 11.6 Å². The first-order chi connectivity index (χ1) is 12.6. The van der Waals surface area contributed by atoms with Crippen LogP contribution < -0.4 is 9.80 Å². The molecule has 1 aliphatic heterocycles. The number of aromatic nitrogens is 4. The van der Waals surface area contributed by atoms with Crippen LogP contribution in [0.5, 0.6) is 0 Å².